The molecule has 0 aliphatic carbocycles. The standard InChI is InChI=1S/C19H18N2O5S3/c1-21(2)15-10-8-14(9-11-15)19(22)20-29(25,26)18-12-17(13-27-18)28(23,24)16-6-4-3-5-7-16/h3-13H,1-2H3,(H,20,22). The van der Waals surface area contributed by atoms with Gasteiger partial charge in [0, 0.05) is 30.7 Å². The first-order chi connectivity index (χ1) is 13.6. The lowest BCUT2D eigenvalue weighted by Crippen LogP contribution is -2.30. The van der Waals surface area contributed by atoms with Gasteiger partial charge in [-0.25, -0.2) is 21.6 Å². The summed E-state index contributed by atoms with van der Waals surface area (Å²) in [5, 5.41) is 1.24. The highest BCUT2D eigenvalue weighted by Gasteiger charge is 2.25. The largest absolute Gasteiger partial charge is 0.378 e. The number of sulfonamides is 1. The van der Waals surface area contributed by atoms with Crippen LogP contribution >= 0.6 is 11.3 Å². The fourth-order valence-electron chi connectivity index (χ4n) is 2.46. The van der Waals surface area contributed by atoms with E-state index in [1.165, 1.54) is 29.6 Å². The smallest absolute Gasteiger partial charge is 0.273 e. The Labute approximate surface area is 173 Å². The number of sulfone groups is 1. The van der Waals surface area contributed by atoms with Crippen molar-refractivity contribution in [2.24, 2.45) is 0 Å². The summed E-state index contributed by atoms with van der Waals surface area (Å²) in [5.41, 5.74) is 1.03. The number of nitrogens with zero attached hydrogens (tertiary/aromatic N) is 1. The van der Waals surface area contributed by atoms with Gasteiger partial charge in [0.1, 0.15) is 4.21 Å². The van der Waals surface area contributed by atoms with Crippen LogP contribution in [0.5, 0.6) is 0 Å². The van der Waals surface area contributed by atoms with Crippen LogP contribution in [0.1, 0.15) is 10.4 Å². The molecule has 2 aromatic carbocycles. The molecule has 1 amide bonds. The number of carbonyl (C=O) groups excluding carboxylic acids is 1. The van der Waals surface area contributed by atoms with Crippen molar-refractivity contribution >= 4 is 42.8 Å². The molecule has 7 nitrogen and oxygen atoms in total. The zero-order valence-electron chi connectivity index (χ0n) is 15.6. The van der Waals surface area contributed by atoms with Gasteiger partial charge < -0.3 is 4.90 Å². The average molecular weight is 451 g/mol. The molecule has 0 bridgehead atoms. The minimum Gasteiger partial charge on any atom is -0.378 e. The van der Waals surface area contributed by atoms with Gasteiger partial charge in [-0.3, -0.25) is 4.79 Å². The molecule has 1 heterocycles. The number of benzene rings is 2. The highest BCUT2D eigenvalue weighted by Crippen LogP contribution is 2.28. The second kappa shape index (κ2) is 7.97. The molecule has 1 aromatic heterocycles. The van der Waals surface area contributed by atoms with E-state index in [1.54, 1.807) is 30.3 Å². The Balaban J connectivity index is 1.83. The Morgan fingerprint density at radius 1 is 0.897 bits per heavy atom. The van der Waals surface area contributed by atoms with Crippen LogP contribution in [0.15, 0.2) is 80.0 Å². The van der Waals surface area contributed by atoms with Crippen LogP contribution < -0.4 is 9.62 Å². The van der Waals surface area contributed by atoms with Gasteiger partial charge in [-0.2, -0.15) is 0 Å². The van der Waals surface area contributed by atoms with Crippen LogP contribution in [0, 0.1) is 0 Å². The third-order valence-corrected chi connectivity index (χ3v) is 8.72. The van der Waals surface area contributed by atoms with Crippen molar-refractivity contribution in [3.8, 4) is 0 Å². The second-order valence-corrected chi connectivity index (χ2v) is 11.1. The Morgan fingerprint density at radius 3 is 2.10 bits per heavy atom. The van der Waals surface area contributed by atoms with Gasteiger partial charge in [0.25, 0.3) is 15.9 Å². The molecule has 0 spiro atoms. The quantitative estimate of drug-likeness (QED) is 0.620. The third kappa shape index (κ3) is 4.50. The molecule has 0 unspecified atom stereocenters. The fourth-order valence-corrected chi connectivity index (χ4v) is 6.34. The monoisotopic (exact) mass is 450 g/mol. The molecular weight excluding hydrogens is 432 g/mol. The zero-order valence-corrected chi connectivity index (χ0v) is 18.0. The highest BCUT2D eigenvalue weighted by atomic mass is 32.2. The van der Waals surface area contributed by atoms with Gasteiger partial charge in [0.05, 0.1) is 9.79 Å². The molecule has 152 valence electrons. The molecular formula is C19H18N2O5S3. The summed E-state index contributed by atoms with van der Waals surface area (Å²) in [6.07, 6.45) is 0. The summed E-state index contributed by atoms with van der Waals surface area (Å²) < 4.78 is 52.1. The fraction of sp³-hybridized carbons (Fsp3) is 0.105. The first-order valence-corrected chi connectivity index (χ1v) is 12.2. The summed E-state index contributed by atoms with van der Waals surface area (Å²) >= 11 is 0.733. The number of nitrogens with one attached hydrogen (secondary N) is 1. The lowest BCUT2D eigenvalue weighted by atomic mass is 10.2. The molecule has 0 saturated heterocycles. The number of anilines is 1. The predicted molar refractivity (Wildman–Crippen MR) is 112 cm³/mol. The molecule has 3 rings (SSSR count). The van der Waals surface area contributed by atoms with Crippen molar-refractivity contribution in [1.82, 2.24) is 4.72 Å². The number of hydrogen-bond donors (Lipinski definition) is 1. The molecule has 0 saturated carbocycles. The van der Waals surface area contributed by atoms with Crippen LogP contribution in [0.25, 0.3) is 0 Å². The van der Waals surface area contributed by atoms with Crippen LogP contribution in [-0.2, 0) is 19.9 Å². The molecule has 0 fully saturated rings. The summed E-state index contributed by atoms with van der Waals surface area (Å²) in [6, 6.07) is 15.2. The molecule has 3 aromatic rings. The first kappa shape index (κ1) is 21.0. The normalized spacial score (nSPS) is 11.8. The van der Waals surface area contributed by atoms with Crippen molar-refractivity contribution in [3.05, 3.63) is 71.6 Å². The number of hydrogen-bond acceptors (Lipinski definition) is 7. The van der Waals surface area contributed by atoms with Gasteiger partial charge in [-0.1, -0.05) is 18.2 Å². The molecule has 0 aliphatic heterocycles. The second-order valence-electron chi connectivity index (χ2n) is 6.29. The number of carbonyl (C=O) groups is 1. The van der Waals surface area contributed by atoms with Gasteiger partial charge >= 0.3 is 0 Å². The van der Waals surface area contributed by atoms with Gasteiger partial charge in [-0.15, -0.1) is 11.3 Å². The maximum atomic E-state index is 12.6. The topological polar surface area (TPSA) is 101 Å². The average Bonchev–Trinajstić information content (AvgIpc) is 3.20. The minimum absolute atomic E-state index is 0.0618. The summed E-state index contributed by atoms with van der Waals surface area (Å²) in [7, 11) is -4.37. The Morgan fingerprint density at radius 2 is 1.52 bits per heavy atom. The van der Waals surface area contributed by atoms with Crippen LogP contribution in [0.4, 0.5) is 5.69 Å². The van der Waals surface area contributed by atoms with Crippen molar-refractivity contribution in [1.29, 1.82) is 0 Å². The van der Waals surface area contributed by atoms with Crippen LogP contribution in [0.3, 0.4) is 0 Å². The van der Waals surface area contributed by atoms with E-state index >= 15 is 0 Å². The summed E-state index contributed by atoms with van der Waals surface area (Å²) in [6.45, 7) is 0. The predicted octanol–water partition coefficient (Wildman–Crippen LogP) is 2.77. The van der Waals surface area contributed by atoms with Crippen molar-refractivity contribution < 1.29 is 21.6 Å². The van der Waals surface area contributed by atoms with Gasteiger partial charge in [-0.05, 0) is 42.5 Å². The van der Waals surface area contributed by atoms with E-state index in [1.807, 2.05) is 23.7 Å². The van der Waals surface area contributed by atoms with E-state index in [0.717, 1.165) is 23.1 Å². The van der Waals surface area contributed by atoms with Crippen LogP contribution in [0.2, 0.25) is 0 Å². The maximum Gasteiger partial charge on any atom is 0.273 e. The molecule has 0 radical (unpaired) electrons. The van der Waals surface area contributed by atoms with E-state index < -0.39 is 25.8 Å². The molecule has 29 heavy (non-hydrogen) atoms. The number of thiophene rings is 1. The van der Waals surface area contributed by atoms with Crippen molar-refractivity contribution in [2.45, 2.75) is 14.0 Å². The van der Waals surface area contributed by atoms with E-state index in [0.29, 0.717) is 0 Å². The van der Waals surface area contributed by atoms with Crippen molar-refractivity contribution in [2.75, 3.05) is 19.0 Å². The zero-order chi connectivity index (χ0) is 21.2. The summed E-state index contributed by atoms with van der Waals surface area (Å²) in [4.78, 5) is 14.1. The number of rotatable bonds is 6. The lowest BCUT2D eigenvalue weighted by Gasteiger charge is -2.12. The van der Waals surface area contributed by atoms with Gasteiger partial charge in [0.2, 0.25) is 9.84 Å². The molecule has 0 aliphatic rings. The summed E-state index contributed by atoms with van der Waals surface area (Å²) in [5.74, 6) is -0.795. The van der Waals surface area contributed by atoms with Crippen molar-refractivity contribution in [3.63, 3.8) is 0 Å². The van der Waals surface area contributed by atoms with E-state index in [-0.39, 0.29) is 19.6 Å². The van der Waals surface area contributed by atoms with E-state index in [2.05, 4.69) is 0 Å². The highest BCUT2D eigenvalue weighted by molar-refractivity contribution is 7.93. The molecule has 0 atom stereocenters. The first-order valence-electron chi connectivity index (χ1n) is 8.34. The van der Waals surface area contributed by atoms with E-state index in [4.69, 9.17) is 0 Å². The third-order valence-electron chi connectivity index (χ3n) is 4.05. The van der Waals surface area contributed by atoms with Gasteiger partial charge in [0.15, 0.2) is 0 Å². The SMILES string of the molecule is CN(C)c1ccc(C(=O)NS(=O)(=O)c2cc(S(=O)(=O)c3ccccc3)cs2)cc1. The Kier molecular flexibility index (Phi) is 5.78. The molecule has 10 heteroatoms. The minimum atomic E-state index is -4.21. The number of amides is 1. The Hall–Kier alpha value is -2.69. The maximum absolute atomic E-state index is 12.6. The van der Waals surface area contributed by atoms with Crippen LogP contribution in [-0.4, -0.2) is 36.8 Å². The Bertz CT molecular complexity index is 1230. The van der Waals surface area contributed by atoms with E-state index in [9.17, 15) is 21.6 Å². The molecule has 1 N–H and O–H groups in total. The lowest BCUT2D eigenvalue weighted by molar-refractivity contribution is 0.0981.